The summed E-state index contributed by atoms with van der Waals surface area (Å²) in [6.07, 6.45) is 8.53. The third-order valence-electron chi connectivity index (χ3n) is 4.30. The number of hydrogen-bond acceptors (Lipinski definition) is 2. The molecule has 98 valence electrons. The first-order chi connectivity index (χ1) is 8.69. The van der Waals surface area contributed by atoms with E-state index in [4.69, 9.17) is 10.5 Å². The second-order valence-electron chi connectivity index (χ2n) is 5.69. The summed E-state index contributed by atoms with van der Waals surface area (Å²) in [6.45, 7) is 0. The van der Waals surface area contributed by atoms with Gasteiger partial charge in [-0.1, -0.05) is 28.8 Å². The molecule has 0 radical (unpaired) electrons. The number of ether oxygens (including phenoxy) is 1. The summed E-state index contributed by atoms with van der Waals surface area (Å²) in [5.41, 5.74) is 7.53. The molecule has 1 aromatic carbocycles. The Morgan fingerprint density at radius 1 is 1.17 bits per heavy atom. The van der Waals surface area contributed by atoms with Crippen LogP contribution in [-0.4, -0.2) is 5.60 Å². The topological polar surface area (TPSA) is 35.2 Å². The Balaban J connectivity index is 1.92. The van der Waals surface area contributed by atoms with Crippen LogP contribution in [0.2, 0.25) is 0 Å². The molecule has 2 N–H and O–H groups in total. The fourth-order valence-electron chi connectivity index (χ4n) is 3.37. The van der Waals surface area contributed by atoms with Gasteiger partial charge in [0.1, 0.15) is 11.4 Å². The SMILES string of the molecule is N[C@H]1CC2(CCCCCC2)Oc2ccc(Br)cc21. The van der Waals surface area contributed by atoms with Crippen molar-refractivity contribution in [2.45, 2.75) is 56.6 Å². The van der Waals surface area contributed by atoms with Gasteiger partial charge in [0.2, 0.25) is 0 Å². The summed E-state index contributed by atoms with van der Waals surface area (Å²) in [5.74, 6) is 0.999. The van der Waals surface area contributed by atoms with Crippen molar-refractivity contribution < 1.29 is 4.74 Å². The molecular weight excluding hydrogens is 290 g/mol. The highest BCUT2D eigenvalue weighted by Crippen LogP contribution is 2.45. The van der Waals surface area contributed by atoms with Gasteiger partial charge in [0.15, 0.2) is 0 Å². The lowest BCUT2D eigenvalue weighted by atomic mass is 9.82. The zero-order valence-corrected chi connectivity index (χ0v) is 12.2. The summed E-state index contributed by atoms with van der Waals surface area (Å²) in [7, 11) is 0. The summed E-state index contributed by atoms with van der Waals surface area (Å²) in [4.78, 5) is 0. The fraction of sp³-hybridized carbons (Fsp3) is 0.600. The number of fused-ring (bicyclic) bond motifs is 1. The van der Waals surface area contributed by atoms with Crippen molar-refractivity contribution in [2.75, 3.05) is 0 Å². The molecular formula is C15H20BrNO. The maximum atomic E-state index is 6.37. The summed E-state index contributed by atoms with van der Waals surface area (Å²) < 4.78 is 7.45. The molecule has 1 aliphatic carbocycles. The Hall–Kier alpha value is -0.540. The zero-order valence-electron chi connectivity index (χ0n) is 10.6. The maximum Gasteiger partial charge on any atom is 0.124 e. The number of benzene rings is 1. The molecule has 0 saturated heterocycles. The van der Waals surface area contributed by atoms with Crippen molar-refractivity contribution in [1.29, 1.82) is 0 Å². The molecule has 1 saturated carbocycles. The molecule has 3 heteroatoms. The lowest BCUT2D eigenvalue weighted by Crippen LogP contribution is -2.42. The molecule has 3 rings (SSSR count). The molecule has 1 aliphatic heterocycles. The van der Waals surface area contributed by atoms with Crippen LogP contribution in [0.4, 0.5) is 0 Å². The number of hydrogen-bond donors (Lipinski definition) is 1. The zero-order chi connectivity index (χ0) is 12.6. The van der Waals surface area contributed by atoms with Crippen LogP contribution in [0.1, 0.15) is 56.6 Å². The molecule has 0 amide bonds. The van der Waals surface area contributed by atoms with Gasteiger partial charge in [0.25, 0.3) is 0 Å². The van der Waals surface area contributed by atoms with E-state index in [-0.39, 0.29) is 11.6 Å². The van der Waals surface area contributed by atoms with Gasteiger partial charge in [-0.25, -0.2) is 0 Å². The van der Waals surface area contributed by atoms with Crippen LogP contribution >= 0.6 is 15.9 Å². The molecule has 1 aromatic rings. The normalized spacial score (nSPS) is 26.2. The van der Waals surface area contributed by atoms with E-state index < -0.39 is 0 Å². The molecule has 2 aliphatic rings. The van der Waals surface area contributed by atoms with Crippen LogP contribution in [0.25, 0.3) is 0 Å². The highest BCUT2D eigenvalue weighted by Gasteiger charge is 2.39. The van der Waals surface area contributed by atoms with Crippen LogP contribution in [0.5, 0.6) is 5.75 Å². The van der Waals surface area contributed by atoms with Crippen molar-refractivity contribution >= 4 is 15.9 Å². The highest BCUT2D eigenvalue weighted by atomic mass is 79.9. The molecule has 0 aromatic heterocycles. The monoisotopic (exact) mass is 309 g/mol. The average Bonchev–Trinajstić information content (AvgIpc) is 2.56. The number of halogens is 1. The van der Waals surface area contributed by atoms with E-state index in [1.165, 1.54) is 25.7 Å². The number of nitrogens with two attached hydrogens (primary N) is 1. The Bertz CT molecular complexity index is 438. The molecule has 0 unspecified atom stereocenters. The minimum atomic E-state index is 0.0107. The standard InChI is InChI=1S/C15H20BrNO/c16-11-5-6-14-12(9-11)13(17)10-15(18-14)7-3-1-2-4-8-15/h5-6,9,13H,1-4,7-8,10,17H2/t13-/m0/s1. The Morgan fingerprint density at radius 2 is 1.89 bits per heavy atom. The van der Waals surface area contributed by atoms with Gasteiger partial charge in [-0.2, -0.15) is 0 Å². The van der Waals surface area contributed by atoms with Crippen molar-refractivity contribution in [3.8, 4) is 5.75 Å². The van der Waals surface area contributed by atoms with E-state index in [9.17, 15) is 0 Å². The molecule has 1 spiro atoms. The predicted molar refractivity (Wildman–Crippen MR) is 76.7 cm³/mol. The first-order valence-electron chi connectivity index (χ1n) is 6.93. The van der Waals surface area contributed by atoms with Crippen molar-refractivity contribution in [3.63, 3.8) is 0 Å². The largest absolute Gasteiger partial charge is 0.487 e. The average molecular weight is 310 g/mol. The predicted octanol–water partition coefficient (Wildman–Crippen LogP) is 4.32. The third-order valence-corrected chi connectivity index (χ3v) is 4.80. The van der Waals surface area contributed by atoms with E-state index in [0.29, 0.717) is 0 Å². The van der Waals surface area contributed by atoms with E-state index in [1.807, 2.05) is 6.07 Å². The van der Waals surface area contributed by atoms with Gasteiger partial charge >= 0.3 is 0 Å². The molecule has 1 fully saturated rings. The van der Waals surface area contributed by atoms with Gasteiger partial charge in [-0.3, -0.25) is 0 Å². The second kappa shape index (κ2) is 4.86. The first kappa shape index (κ1) is 12.5. The Morgan fingerprint density at radius 3 is 2.61 bits per heavy atom. The van der Waals surface area contributed by atoms with Crippen molar-refractivity contribution in [2.24, 2.45) is 5.73 Å². The third kappa shape index (κ3) is 2.30. The van der Waals surface area contributed by atoms with Crippen LogP contribution in [-0.2, 0) is 0 Å². The van der Waals surface area contributed by atoms with Crippen molar-refractivity contribution in [1.82, 2.24) is 0 Å². The van der Waals surface area contributed by atoms with E-state index in [0.717, 1.165) is 35.0 Å². The quantitative estimate of drug-likeness (QED) is 0.774. The van der Waals surface area contributed by atoms with Gasteiger partial charge in [0, 0.05) is 22.5 Å². The van der Waals surface area contributed by atoms with Crippen molar-refractivity contribution in [3.05, 3.63) is 28.2 Å². The molecule has 2 nitrogen and oxygen atoms in total. The summed E-state index contributed by atoms with van der Waals surface area (Å²) in [6, 6.07) is 6.32. The van der Waals surface area contributed by atoms with Crippen LogP contribution < -0.4 is 10.5 Å². The lowest BCUT2D eigenvalue weighted by Gasteiger charge is -2.41. The molecule has 0 bridgehead atoms. The lowest BCUT2D eigenvalue weighted by molar-refractivity contribution is 0.0213. The van der Waals surface area contributed by atoms with E-state index in [1.54, 1.807) is 0 Å². The van der Waals surface area contributed by atoms with Gasteiger partial charge in [0.05, 0.1) is 0 Å². The Labute approximate surface area is 117 Å². The van der Waals surface area contributed by atoms with Gasteiger partial charge in [-0.05, 0) is 43.9 Å². The highest BCUT2D eigenvalue weighted by molar-refractivity contribution is 9.10. The number of rotatable bonds is 0. The van der Waals surface area contributed by atoms with Crippen LogP contribution in [0, 0.1) is 0 Å². The maximum absolute atomic E-state index is 6.37. The minimum Gasteiger partial charge on any atom is -0.487 e. The summed E-state index contributed by atoms with van der Waals surface area (Å²) in [5, 5.41) is 0. The Kier molecular flexibility index (Phi) is 3.37. The van der Waals surface area contributed by atoms with Gasteiger partial charge in [-0.15, -0.1) is 0 Å². The first-order valence-corrected chi connectivity index (χ1v) is 7.72. The van der Waals surface area contributed by atoms with E-state index in [2.05, 4.69) is 28.1 Å². The summed E-state index contributed by atoms with van der Waals surface area (Å²) >= 11 is 3.51. The molecule has 18 heavy (non-hydrogen) atoms. The molecule has 1 atom stereocenters. The molecule has 1 heterocycles. The van der Waals surface area contributed by atoms with Crippen LogP contribution in [0.15, 0.2) is 22.7 Å². The fourth-order valence-corrected chi connectivity index (χ4v) is 3.75. The van der Waals surface area contributed by atoms with E-state index >= 15 is 0 Å². The van der Waals surface area contributed by atoms with Crippen LogP contribution in [0.3, 0.4) is 0 Å². The second-order valence-corrected chi connectivity index (χ2v) is 6.61. The van der Waals surface area contributed by atoms with Gasteiger partial charge < -0.3 is 10.5 Å². The minimum absolute atomic E-state index is 0.0107. The smallest absolute Gasteiger partial charge is 0.124 e.